The zero-order chi connectivity index (χ0) is 7.82. The Morgan fingerprint density at radius 1 is 1.10 bits per heavy atom. The molecule has 0 amide bonds. The van der Waals surface area contributed by atoms with Crippen LogP contribution in [0.5, 0.6) is 0 Å². The van der Waals surface area contributed by atoms with E-state index in [1.54, 1.807) is 0 Å². The van der Waals surface area contributed by atoms with Gasteiger partial charge < -0.3 is 4.74 Å². The summed E-state index contributed by atoms with van der Waals surface area (Å²) in [7, 11) is 0. The van der Waals surface area contributed by atoms with E-state index in [9.17, 15) is 0 Å². The van der Waals surface area contributed by atoms with Gasteiger partial charge >= 0.3 is 0 Å². The van der Waals surface area contributed by atoms with Gasteiger partial charge in [-0.25, -0.2) is 0 Å². The Morgan fingerprint density at radius 3 is 2.50 bits per heavy atom. The lowest BCUT2D eigenvalue weighted by Gasteiger charge is -2.05. The minimum Gasteiger partial charge on any atom is -0.379 e. The van der Waals surface area contributed by atoms with Crippen molar-refractivity contribution in [2.75, 3.05) is 6.61 Å². The molecular formula is C9H20O. The fourth-order valence-corrected chi connectivity index (χ4v) is 1.08. The summed E-state index contributed by atoms with van der Waals surface area (Å²) < 4.78 is 5.40. The molecule has 0 aliphatic carbocycles. The van der Waals surface area contributed by atoms with Crippen LogP contribution in [0.2, 0.25) is 0 Å². The van der Waals surface area contributed by atoms with Crippen LogP contribution in [0.1, 0.15) is 46.5 Å². The van der Waals surface area contributed by atoms with E-state index in [1.165, 1.54) is 25.7 Å². The highest BCUT2D eigenvalue weighted by Crippen LogP contribution is 2.11. The third kappa shape index (κ3) is 4.80. The quantitative estimate of drug-likeness (QED) is 0.508. The van der Waals surface area contributed by atoms with Gasteiger partial charge in [0, 0.05) is 6.61 Å². The topological polar surface area (TPSA) is 9.23 Å². The van der Waals surface area contributed by atoms with Crippen LogP contribution in [0.15, 0.2) is 0 Å². The Hall–Kier alpha value is -0.0400. The van der Waals surface area contributed by atoms with Gasteiger partial charge in [-0.2, -0.15) is 0 Å². The van der Waals surface area contributed by atoms with E-state index in [-0.39, 0.29) is 0 Å². The summed E-state index contributed by atoms with van der Waals surface area (Å²) in [5, 5.41) is 0. The molecule has 10 heavy (non-hydrogen) atoms. The maximum atomic E-state index is 5.40. The first-order valence-electron chi connectivity index (χ1n) is 4.51. The summed E-state index contributed by atoms with van der Waals surface area (Å²) in [6, 6.07) is 0. The maximum Gasteiger partial charge on any atom is 0.0547 e. The van der Waals surface area contributed by atoms with E-state index in [4.69, 9.17) is 4.74 Å². The third-order valence-corrected chi connectivity index (χ3v) is 1.66. The second-order valence-corrected chi connectivity index (χ2v) is 2.53. The number of hydrogen-bond acceptors (Lipinski definition) is 1. The highest BCUT2D eigenvalue weighted by atomic mass is 16.5. The molecule has 1 fully saturated rings. The van der Waals surface area contributed by atoms with Crippen molar-refractivity contribution >= 4 is 0 Å². The van der Waals surface area contributed by atoms with Gasteiger partial charge in [0.15, 0.2) is 0 Å². The Balaban J connectivity index is 0.000000371. The van der Waals surface area contributed by atoms with Crippen molar-refractivity contribution in [3.8, 4) is 0 Å². The van der Waals surface area contributed by atoms with Crippen LogP contribution < -0.4 is 0 Å². The van der Waals surface area contributed by atoms with E-state index < -0.39 is 0 Å². The van der Waals surface area contributed by atoms with Crippen LogP contribution in [-0.4, -0.2) is 12.7 Å². The van der Waals surface area contributed by atoms with E-state index in [0.717, 1.165) is 6.61 Å². The molecule has 1 rings (SSSR count). The SMILES string of the molecule is CC.CC1CCCCCO1. The van der Waals surface area contributed by atoms with Gasteiger partial charge in [-0.1, -0.05) is 26.7 Å². The molecule has 0 N–H and O–H groups in total. The molecular weight excluding hydrogens is 124 g/mol. The lowest BCUT2D eigenvalue weighted by atomic mass is 10.2. The van der Waals surface area contributed by atoms with E-state index >= 15 is 0 Å². The molecule has 1 atom stereocenters. The molecule has 1 heteroatoms. The lowest BCUT2D eigenvalue weighted by Crippen LogP contribution is -2.04. The van der Waals surface area contributed by atoms with Gasteiger partial charge in [-0.05, 0) is 19.8 Å². The summed E-state index contributed by atoms with van der Waals surface area (Å²) in [4.78, 5) is 0. The normalized spacial score (nSPS) is 26.1. The number of hydrogen-bond donors (Lipinski definition) is 0. The summed E-state index contributed by atoms with van der Waals surface area (Å²) >= 11 is 0. The summed E-state index contributed by atoms with van der Waals surface area (Å²) in [5.74, 6) is 0. The maximum absolute atomic E-state index is 5.40. The molecule has 0 aromatic rings. The lowest BCUT2D eigenvalue weighted by molar-refractivity contribution is 0.0722. The minimum absolute atomic E-state index is 0.525. The highest BCUT2D eigenvalue weighted by molar-refractivity contribution is 4.55. The minimum atomic E-state index is 0.525. The van der Waals surface area contributed by atoms with E-state index in [2.05, 4.69) is 6.92 Å². The van der Waals surface area contributed by atoms with Crippen molar-refractivity contribution in [1.29, 1.82) is 0 Å². The Labute approximate surface area is 64.8 Å². The van der Waals surface area contributed by atoms with Gasteiger partial charge in [-0.3, -0.25) is 0 Å². The van der Waals surface area contributed by atoms with Crippen molar-refractivity contribution in [3.63, 3.8) is 0 Å². The van der Waals surface area contributed by atoms with Gasteiger partial charge in [-0.15, -0.1) is 0 Å². The first-order valence-corrected chi connectivity index (χ1v) is 4.51. The van der Waals surface area contributed by atoms with Crippen LogP contribution in [0.4, 0.5) is 0 Å². The van der Waals surface area contributed by atoms with Crippen molar-refractivity contribution in [3.05, 3.63) is 0 Å². The molecule has 0 aromatic heterocycles. The average molecular weight is 144 g/mol. The molecule has 1 aliphatic rings. The Bertz CT molecular complexity index is 53.7. The second kappa shape index (κ2) is 7.07. The van der Waals surface area contributed by atoms with Gasteiger partial charge in [0.1, 0.15) is 0 Å². The van der Waals surface area contributed by atoms with E-state index in [1.807, 2.05) is 13.8 Å². The van der Waals surface area contributed by atoms with Crippen molar-refractivity contribution in [2.45, 2.75) is 52.6 Å². The fourth-order valence-electron chi connectivity index (χ4n) is 1.08. The molecule has 0 saturated carbocycles. The molecule has 1 heterocycles. The monoisotopic (exact) mass is 144 g/mol. The third-order valence-electron chi connectivity index (χ3n) is 1.66. The van der Waals surface area contributed by atoms with E-state index in [0.29, 0.717) is 6.10 Å². The van der Waals surface area contributed by atoms with Crippen LogP contribution in [0, 0.1) is 0 Å². The molecule has 0 spiro atoms. The zero-order valence-corrected chi connectivity index (χ0v) is 7.52. The smallest absolute Gasteiger partial charge is 0.0547 e. The molecule has 1 nitrogen and oxygen atoms in total. The Kier molecular flexibility index (Phi) is 7.04. The molecule has 0 aromatic carbocycles. The molecule has 0 bridgehead atoms. The van der Waals surface area contributed by atoms with Crippen LogP contribution in [-0.2, 0) is 4.74 Å². The molecule has 1 saturated heterocycles. The summed E-state index contributed by atoms with van der Waals surface area (Å²) in [6.07, 6.45) is 5.79. The first kappa shape index (κ1) is 9.96. The van der Waals surface area contributed by atoms with Gasteiger partial charge in [0.2, 0.25) is 0 Å². The standard InChI is InChI=1S/C7H14O.C2H6/c1-7-5-3-2-4-6-8-7;1-2/h7H,2-6H2,1H3;1-2H3. The van der Waals surface area contributed by atoms with Crippen LogP contribution in [0.3, 0.4) is 0 Å². The largest absolute Gasteiger partial charge is 0.379 e. The Morgan fingerprint density at radius 2 is 1.80 bits per heavy atom. The molecule has 1 unspecified atom stereocenters. The number of rotatable bonds is 0. The van der Waals surface area contributed by atoms with Crippen molar-refractivity contribution < 1.29 is 4.74 Å². The molecule has 1 aliphatic heterocycles. The van der Waals surface area contributed by atoms with Gasteiger partial charge in [0.25, 0.3) is 0 Å². The predicted molar refractivity (Wildman–Crippen MR) is 45.2 cm³/mol. The fraction of sp³-hybridized carbons (Fsp3) is 1.00. The van der Waals surface area contributed by atoms with Crippen LogP contribution >= 0.6 is 0 Å². The van der Waals surface area contributed by atoms with Crippen molar-refractivity contribution in [2.24, 2.45) is 0 Å². The summed E-state index contributed by atoms with van der Waals surface area (Å²) in [6.45, 7) is 7.15. The first-order chi connectivity index (χ1) is 4.89. The number of ether oxygens (including phenoxy) is 1. The van der Waals surface area contributed by atoms with Gasteiger partial charge in [0.05, 0.1) is 6.10 Å². The zero-order valence-electron chi connectivity index (χ0n) is 7.52. The predicted octanol–water partition coefficient (Wildman–Crippen LogP) is 2.99. The molecule has 0 radical (unpaired) electrons. The van der Waals surface area contributed by atoms with Crippen molar-refractivity contribution in [1.82, 2.24) is 0 Å². The highest BCUT2D eigenvalue weighted by Gasteiger charge is 2.04. The molecule has 62 valence electrons. The van der Waals surface area contributed by atoms with Crippen LogP contribution in [0.25, 0.3) is 0 Å². The summed E-state index contributed by atoms with van der Waals surface area (Å²) in [5.41, 5.74) is 0. The second-order valence-electron chi connectivity index (χ2n) is 2.53. The average Bonchev–Trinajstić information content (AvgIpc) is 2.21.